The van der Waals surface area contributed by atoms with E-state index in [9.17, 15) is 16.8 Å². The molecule has 0 bridgehead atoms. The van der Waals surface area contributed by atoms with Gasteiger partial charge in [0.1, 0.15) is 0 Å². The first kappa shape index (κ1) is 22.3. The van der Waals surface area contributed by atoms with Crippen molar-refractivity contribution in [2.75, 3.05) is 20.1 Å². The molecule has 25 heavy (non-hydrogen) atoms. The lowest BCUT2D eigenvalue weighted by molar-refractivity contribution is 0.250. The number of nitrogens with one attached hydrogen (secondary N) is 1. The molecule has 1 aromatic carbocycles. The van der Waals surface area contributed by atoms with Gasteiger partial charge in [-0.15, -0.1) is 12.4 Å². The van der Waals surface area contributed by atoms with Gasteiger partial charge in [0.15, 0.2) is 0 Å². The minimum atomic E-state index is -3.63. The summed E-state index contributed by atoms with van der Waals surface area (Å²) in [5, 5.41) is 0. The number of hydrogen-bond acceptors (Lipinski definition) is 5. The van der Waals surface area contributed by atoms with Crippen LogP contribution in [-0.2, 0) is 20.0 Å². The Morgan fingerprint density at radius 1 is 1.20 bits per heavy atom. The van der Waals surface area contributed by atoms with Gasteiger partial charge in [-0.2, -0.15) is 4.31 Å². The Bertz CT molecular complexity index is 802. The SMILES string of the molecule is CNS(=O)(=O)c1ccc(S(=O)(=O)N2CCC(C(C)N)CC2)cc1C.Cl. The fourth-order valence-electron chi connectivity index (χ4n) is 2.98. The molecule has 2 rings (SSSR count). The third-order valence-electron chi connectivity index (χ3n) is 4.58. The summed E-state index contributed by atoms with van der Waals surface area (Å²) in [5.74, 6) is 0.335. The molecule has 0 amide bonds. The van der Waals surface area contributed by atoms with Crippen LogP contribution in [0.4, 0.5) is 0 Å². The van der Waals surface area contributed by atoms with Crippen LogP contribution in [0.25, 0.3) is 0 Å². The van der Waals surface area contributed by atoms with Crippen LogP contribution in [0.1, 0.15) is 25.3 Å². The second kappa shape index (κ2) is 8.32. The van der Waals surface area contributed by atoms with Crippen molar-refractivity contribution in [1.29, 1.82) is 0 Å². The zero-order valence-electron chi connectivity index (χ0n) is 14.6. The van der Waals surface area contributed by atoms with Crippen molar-refractivity contribution in [3.63, 3.8) is 0 Å². The van der Waals surface area contributed by atoms with E-state index >= 15 is 0 Å². The molecule has 1 aromatic rings. The number of aryl methyl sites for hydroxylation is 1. The summed E-state index contributed by atoms with van der Waals surface area (Å²) in [6.07, 6.45) is 1.48. The summed E-state index contributed by atoms with van der Waals surface area (Å²) < 4.78 is 53.0. The molecule has 0 aromatic heterocycles. The van der Waals surface area contributed by atoms with E-state index in [0.29, 0.717) is 24.6 Å². The van der Waals surface area contributed by atoms with Gasteiger partial charge in [0, 0.05) is 19.1 Å². The lowest BCUT2D eigenvalue weighted by Gasteiger charge is -2.33. The van der Waals surface area contributed by atoms with Crippen LogP contribution in [0.3, 0.4) is 0 Å². The van der Waals surface area contributed by atoms with Crippen molar-refractivity contribution in [3.8, 4) is 0 Å². The van der Waals surface area contributed by atoms with Crippen LogP contribution in [0, 0.1) is 12.8 Å². The molecular weight excluding hydrogens is 386 g/mol. The second-order valence-electron chi connectivity index (χ2n) is 6.24. The zero-order chi connectivity index (χ0) is 18.1. The number of rotatable bonds is 5. The van der Waals surface area contributed by atoms with Crippen molar-refractivity contribution < 1.29 is 16.8 Å². The van der Waals surface area contributed by atoms with E-state index in [2.05, 4.69) is 4.72 Å². The molecule has 0 radical (unpaired) electrons. The number of nitrogens with zero attached hydrogens (tertiary/aromatic N) is 1. The highest BCUT2D eigenvalue weighted by Gasteiger charge is 2.31. The molecule has 1 unspecified atom stereocenters. The maximum atomic E-state index is 12.8. The van der Waals surface area contributed by atoms with Crippen molar-refractivity contribution in [2.45, 2.75) is 42.5 Å². The highest BCUT2D eigenvalue weighted by Crippen LogP contribution is 2.27. The molecule has 0 aliphatic carbocycles. The summed E-state index contributed by atoms with van der Waals surface area (Å²) in [6.45, 7) is 4.40. The Balaban J connectivity index is 0.00000312. The van der Waals surface area contributed by atoms with Crippen molar-refractivity contribution in [3.05, 3.63) is 23.8 Å². The van der Waals surface area contributed by atoms with Gasteiger partial charge in [-0.1, -0.05) is 0 Å². The maximum Gasteiger partial charge on any atom is 0.243 e. The Kier molecular flexibility index (Phi) is 7.43. The quantitative estimate of drug-likeness (QED) is 0.753. The minimum absolute atomic E-state index is 0. The summed E-state index contributed by atoms with van der Waals surface area (Å²) >= 11 is 0. The van der Waals surface area contributed by atoms with E-state index in [1.807, 2.05) is 6.92 Å². The van der Waals surface area contributed by atoms with Gasteiger partial charge in [-0.05, 0) is 63.4 Å². The normalized spacial score (nSPS) is 18.6. The van der Waals surface area contributed by atoms with E-state index in [1.54, 1.807) is 6.92 Å². The Morgan fingerprint density at radius 3 is 2.20 bits per heavy atom. The van der Waals surface area contributed by atoms with Gasteiger partial charge in [-0.3, -0.25) is 0 Å². The van der Waals surface area contributed by atoms with E-state index in [1.165, 1.54) is 29.6 Å². The Morgan fingerprint density at radius 2 is 1.76 bits per heavy atom. The van der Waals surface area contributed by atoms with Gasteiger partial charge in [0.05, 0.1) is 9.79 Å². The number of piperidine rings is 1. The molecule has 0 saturated carbocycles. The lowest BCUT2D eigenvalue weighted by atomic mass is 9.92. The van der Waals surface area contributed by atoms with Crippen LogP contribution in [0.2, 0.25) is 0 Å². The van der Waals surface area contributed by atoms with Crippen molar-refractivity contribution >= 4 is 32.5 Å². The first-order valence-electron chi connectivity index (χ1n) is 7.89. The average molecular weight is 412 g/mol. The predicted molar refractivity (Wildman–Crippen MR) is 99.8 cm³/mol. The highest BCUT2D eigenvalue weighted by molar-refractivity contribution is 7.89. The molecule has 1 aliphatic rings. The maximum absolute atomic E-state index is 12.8. The Hall–Kier alpha value is -0.710. The molecule has 7 nitrogen and oxygen atoms in total. The van der Waals surface area contributed by atoms with Crippen LogP contribution < -0.4 is 10.5 Å². The van der Waals surface area contributed by atoms with Crippen molar-refractivity contribution in [1.82, 2.24) is 9.03 Å². The molecule has 10 heteroatoms. The molecule has 1 saturated heterocycles. The smallest absolute Gasteiger partial charge is 0.243 e. The van der Waals surface area contributed by atoms with Gasteiger partial charge < -0.3 is 5.73 Å². The molecule has 0 spiro atoms. The molecule has 1 atom stereocenters. The molecule has 144 valence electrons. The summed E-state index contributed by atoms with van der Waals surface area (Å²) in [5.41, 5.74) is 6.29. The second-order valence-corrected chi connectivity index (χ2v) is 10.0. The fraction of sp³-hybridized carbons (Fsp3) is 0.600. The number of benzene rings is 1. The third kappa shape index (κ3) is 4.72. The molecule has 1 fully saturated rings. The number of sulfonamides is 2. The molecule has 1 aliphatic heterocycles. The average Bonchev–Trinajstić information content (AvgIpc) is 2.54. The highest BCUT2D eigenvalue weighted by atomic mass is 35.5. The van der Waals surface area contributed by atoms with Crippen LogP contribution in [0.5, 0.6) is 0 Å². The van der Waals surface area contributed by atoms with Crippen LogP contribution >= 0.6 is 12.4 Å². The number of hydrogen-bond donors (Lipinski definition) is 2. The summed E-state index contributed by atoms with van der Waals surface area (Å²) in [4.78, 5) is 0.203. The largest absolute Gasteiger partial charge is 0.328 e. The van der Waals surface area contributed by atoms with E-state index < -0.39 is 20.0 Å². The molecule has 1 heterocycles. The molecule has 3 N–H and O–H groups in total. The number of halogens is 1. The van der Waals surface area contributed by atoms with Gasteiger partial charge >= 0.3 is 0 Å². The van der Waals surface area contributed by atoms with Crippen LogP contribution in [-0.4, -0.2) is 47.3 Å². The van der Waals surface area contributed by atoms with Gasteiger partial charge in [-0.25, -0.2) is 21.6 Å². The first-order valence-corrected chi connectivity index (χ1v) is 10.8. The first-order chi connectivity index (χ1) is 11.1. The topological polar surface area (TPSA) is 110 Å². The minimum Gasteiger partial charge on any atom is -0.328 e. The van der Waals surface area contributed by atoms with Crippen molar-refractivity contribution in [2.24, 2.45) is 11.7 Å². The van der Waals surface area contributed by atoms with Gasteiger partial charge in [0.25, 0.3) is 0 Å². The fourth-order valence-corrected chi connectivity index (χ4v) is 5.49. The monoisotopic (exact) mass is 411 g/mol. The summed E-state index contributed by atoms with van der Waals surface area (Å²) in [6, 6.07) is 4.16. The zero-order valence-corrected chi connectivity index (χ0v) is 17.0. The van der Waals surface area contributed by atoms with Crippen LogP contribution in [0.15, 0.2) is 28.0 Å². The third-order valence-corrected chi connectivity index (χ3v) is 8.05. The van der Waals surface area contributed by atoms with E-state index in [4.69, 9.17) is 5.73 Å². The van der Waals surface area contributed by atoms with Gasteiger partial charge in [0.2, 0.25) is 20.0 Å². The predicted octanol–water partition coefficient (Wildman–Crippen LogP) is 1.07. The van der Waals surface area contributed by atoms with E-state index in [-0.39, 0.29) is 28.2 Å². The Labute approximate surface area is 156 Å². The lowest BCUT2D eigenvalue weighted by Crippen LogP contribution is -2.42. The molecular formula is C15H26ClN3O4S2. The number of nitrogens with two attached hydrogens (primary N) is 1. The summed E-state index contributed by atoms with van der Waals surface area (Å²) in [7, 11) is -5.91. The van der Waals surface area contributed by atoms with E-state index in [0.717, 1.165) is 12.8 Å². The standard InChI is InChI=1S/C15H25N3O4S2.ClH/c1-11-10-14(4-5-15(11)23(19,20)17-3)24(21,22)18-8-6-13(7-9-18)12(2)16;/h4-5,10,12-13,17H,6-9,16H2,1-3H3;1H.